The van der Waals surface area contributed by atoms with E-state index in [2.05, 4.69) is 33.0 Å². The normalized spacial score (nSPS) is 18.8. The quantitative estimate of drug-likeness (QED) is 0.933. The number of thiophene rings is 1. The number of carbonyl (C=O) groups is 1. The van der Waals surface area contributed by atoms with Gasteiger partial charge in [0.25, 0.3) is 0 Å². The summed E-state index contributed by atoms with van der Waals surface area (Å²) < 4.78 is 1.16. The number of likely N-dealkylation sites (tertiary alicyclic amines) is 1. The number of carboxylic acids is 1. The van der Waals surface area contributed by atoms with Crippen LogP contribution in [0.5, 0.6) is 0 Å². The maximum atomic E-state index is 10.8. The highest BCUT2D eigenvalue weighted by Crippen LogP contribution is 2.25. The van der Waals surface area contributed by atoms with Crippen LogP contribution in [0, 0.1) is 5.92 Å². The molecule has 1 N–H and O–H groups in total. The molecule has 0 amide bonds. The second-order valence-corrected chi connectivity index (χ2v) is 6.64. The summed E-state index contributed by atoms with van der Waals surface area (Å²) in [4.78, 5) is 14.5. The summed E-state index contributed by atoms with van der Waals surface area (Å²) in [5.74, 6) is -0.773. The third-order valence-electron chi connectivity index (χ3n) is 2.95. The molecule has 1 aromatic heterocycles. The zero-order valence-electron chi connectivity index (χ0n) is 8.86. The van der Waals surface area contributed by atoms with Crippen LogP contribution in [0.25, 0.3) is 0 Å². The molecule has 5 heteroatoms. The van der Waals surface area contributed by atoms with Gasteiger partial charge in [-0.3, -0.25) is 9.69 Å². The summed E-state index contributed by atoms with van der Waals surface area (Å²) in [6.45, 7) is 2.74. The molecule has 16 heavy (non-hydrogen) atoms. The van der Waals surface area contributed by atoms with E-state index in [1.165, 1.54) is 4.88 Å². The lowest BCUT2D eigenvalue weighted by atomic mass is 9.97. The van der Waals surface area contributed by atoms with E-state index < -0.39 is 5.97 Å². The second-order valence-electron chi connectivity index (χ2n) is 4.09. The molecule has 1 saturated heterocycles. The molecule has 88 valence electrons. The number of hydrogen-bond acceptors (Lipinski definition) is 3. The third-order valence-corrected chi connectivity index (χ3v) is 4.55. The Morgan fingerprint density at radius 3 is 2.69 bits per heavy atom. The van der Waals surface area contributed by atoms with Crippen molar-refractivity contribution in [2.24, 2.45) is 5.92 Å². The first-order chi connectivity index (χ1) is 7.65. The number of hydrogen-bond donors (Lipinski definition) is 1. The van der Waals surface area contributed by atoms with Crippen molar-refractivity contribution < 1.29 is 9.90 Å². The van der Waals surface area contributed by atoms with Crippen LogP contribution in [0.1, 0.15) is 17.7 Å². The van der Waals surface area contributed by atoms with Gasteiger partial charge in [0, 0.05) is 11.4 Å². The number of halogens is 1. The van der Waals surface area contributed by atoms with E-state index in [9.17, 15) is 4.79 Å². The molecule has 3 nitrogen and oxygen atoms in total. The standard InChI is InChI=1S/C11H14BrNO2S/c12-10-2-1-9(16-10)7-13-5-3-8(4-6-13)11(14)15/h1-2,8H,3-7H2,(H,14,15). The van der Waals surface area contributed by atoms with Gasteiger partial charge < -0.3 is 5.11 Å². The van der Waals surface area contributed by atoms with Gasteiger partial charge in [0.2, 0.25) is 0 Å². The van der Waals surface area contributed by atoms with Crippen LogP contribution in [-0.4, -0.2) is 29.1 Å². The minimum Gasteiger partial charge on any atom is -0.481 e. The molecule has 0 atom stereocenters. The Kier molecular flexibility index (Phi) is 4.00. The fraction of sp³-hybridized carbons (Fsp3) is 0.545. The van der Waals surface area contributed by atoms with E-state index in [0.717, 1.165) is 36.3 Å². The molecule has 0 aromatic carbocycles. The highest BCUT2D eigenvalue weighted by atomic mass is 79.9. The smallest absolute Gasteiger partial charge is 0.306 e. The number of aliphatic carboxylic acids is 1. The first kappa shape index (κ1) is 12.1. The van der Waals surface area contributed by atoms with Gasteiger partial charge in [-0.25, -0.2) is 0 Å². The first-order valence-electron chi connectivity index (χ1n) is 5.34. The van der Waals surface area contributed by atoms with Crippen molar-refractivity contribution in [2.45, 2.75) is 19.4 Å². The average Bonchev–Trinajstić information content (AvgIpc) is 2.65. The largest absolute Gasteiger partial charge is 0.481 e. The van der Waals surface area contributed by atoms with Crippen molar-refractivity contribution in [1.82, 2.24) is 4.90 Å². The van der Waals surface area contributed by atoms with Crippen LogP contribution in [0.2, 0.25) is 0 Å². The summed E-state index contributed by atoms with van der Waals surface area (Å²) in [7, 11) is 0. The number of piperidine rings is 1. The van der Waals surface area contributed by atoms with Gasteiger partial charge in [0.1, 0.15) is 0 Å². The van der Waals surface area contributed by atoms with Crippen LogP contribution >= 0.6 is 27.3 Å². The lowest BCUT2D eigenvalue weighted by Crippen LogP contribution is -2.35. The minimum absolute atomic E-state index is 0.133. The number of carboxylic acid groups (broad SMARTS) is 1. The number of nitrogens with zero attached hydrogens (tertiary/aromatic N) is 1. The van der Waals surface area contributed by atoms with Gasteiger partial charge in [-0.15, -0.1) is 11.3 Å². The predicted octanol–water partition coefficient (Wildman–Crippen LogP) is 2.81. The van der Waals surface area contributed by atoms with Crippen LogP contribution in [0.4, 0.5) is 0 Å². The van der Waals surface area contributed by atoms with Gasteiger partial charge in [-0.2, -0.15) is 0 Å². The Labute approximate surface area is 107 Å². The summed E-state index contributed by atoms with van der Waals surface area (Å²) in [6.07, 6.45) is 1.56. The molecule has 1 aliphatic heterocycles. The van der Waals surface area contributed by atoms with E-state index in [-0.39, 0.29) is 5.92 Å². The van der Waals surface area contributed by atoms with Gasteiger partial charge >= 0.3 is 5.97 Å². The molecule has 1 fully saturated rings. The van der Waals surface area contributed by atoms with Crippen molar-refractivity contribution in [3.05, 3.63) is 20.8 Å². The topological polar surface area (TPSA) is 40.5 Å². The fourth-order valence-corrected chi connectivity index (χ4v) is 3.52. The lowest BCUT2D eigenvalue weighted by Gasteiger charge is -2.29. The van der Waals surface area contributed by atoms with Crippen molar-refractivity contribution in [3.8, 4) is 0 Å². The molecule has 0 spiro atoms. The van der Waals surface area contributed by atoms with Crippen molar-refractivity contribution in [3.63, 3.8) is 0 Å². The molecule has 0 saturated carbocycles. The summed E-state index contributed by atoms with van der Waals surface area (Å²) in [5, 5.41) is 8.89. The van der Waals surface area contributed by atoms with Crippen LogP contribution in [0.3, 0.4) is 0 Å². The average molecular weight is 304 g/mol. The second kappa shape index (κ2) is 5.29. The third kappa shape index (κ3) is 3.06. The van der Waals surface area contributed by atoms with E-state index in [1.807, 2.05) is 0 Å². The van der Waals surface area contributed by atoms with Gasteiger partial charge in [0.05, 0.1) is 9.70 Å². The maximum Gasteiger partial charge on any atom is 0.306 e. The predicted molar refractivity (Wildman–Crippen MR) is 67.7 cm³/mol. The Balaban J connectivity index is 1.83. The Hall–Kier alpha value is -0.390. The molecular formula is C11H14BrNO2S. The fourth-order valence-electron chi connectivity index (χ4n) is 2.00. The van der Waals surface area contributed by atoms with Crippen LogP contribution in [-0.2, 0) is 11.3 Å². The van der Waals surface area contributed by atoms with Gasteiger partial charge in [-0.05, 0) is 54.0 Å². The zero-order chi connectivity index (χ0) is 11.5. The molecule has 0 unspecified atom stereocenters. The van der Waals surface area contributed by atoms with Crippen molar-refractivity contribution in [2.75, 3.05) is 13.1 Å². The van der Waals surface area contributed by atoms with E-state index in [1.54, 1.807) is 11.3 Å². The lowest BCUT2D eigenvalue weighted by molar-refractivity contribution is -0.143. The van der Waals surface area contributed by atoms with E-state index >= 15 is 0 Å². The number of rotatable bonds is 3. The molecule has 0 radical (unpaired) electrons. The Morgan fingerprint density at radius 2 is 2.19 bits per heavy atom. The highest BCUT2D eigenvalue weighted by molar-refractivity contribution is 9.11. The first-order valence-corrected chi connectivity index (χ1v) is 6.95. The van der Waals surface area contributed by atoms with Crippen molar-refractivity contribution >= 4 is 33.2 Å². The molecular weight excluding hydrogens is 290 g/mol. The molecule has 1 aromatic rings. The van der Waals surface area contributed by atoms with Gasteiger partial charge in [0.15, 0.2) is 0 Å². The monoisotopic (exact) mass is 303 g/mol. The highest BCUT2D eigenvalue weighted by Gasteiger charge is 2.24. The van der Waals surface area contributed by atoms with E-state index in [4.69, 9.17) is 5.11 Å². The van der Waals surface area contributed by atoms with Gasteiger partial charge in [-0.1, -0.05) is 0 Å². The molecule has 0 bridgehead atoms. The van der Waals surface area contributed by atoms with Crippen LogP contribution in [0.15, 0.2) is 15.9 Å². The SMILES string of the molecule is O=C(O)C1CCN(Cc2ccc(Br)s2)CC1. The molecule has 2 rings (SSSR count). The summed E-state index contributed by atoms with van der Waals surface area (Å²) in [5.41, 5.74) is 0. The van der Waals surface area contributed by atoms with Crippen molar-refractivity contribution in [1.29, 1.82) is 0 Å². The van der Waals surface area contributed by atoms with Crippen LogP contribution < -0.4 is 0 Å². The molecule has 2 heterocycles. The molecule has 0 aliphatic carbocycles. The summed E-state index contributed by atoms with van der Waals surface area (Å²) >= 11 is 5.20. The zero-order valence-corrected chi connectivity index (χ0v) is 11.3. The molecule has 1 aliphatic rings. The maximum absolute atomic E-state index is 10.8. The summed E-state index contributed by atoms with van der Waals surface area (Å²) in [6, 6.07) is 4.18. The minimum atomic E-state index is -0.640. The Bertz CT molecular complexity index is 372. The van der Waals surface area contributed by atoms with E-state index in [0.29, 0.717) is 0 Å². The Morgan fingerprint density at radius 1 is 1.50 bits per heavy atom.